The van der Waals surface area contributed by atoms with Crippen LogP contribution in [0.3, 0.4) is 0 Å². The van der Waals surface area contributed by atoms with Gasteiger partial charge in [-0.25, -0.2) is 4.39 Å². The van der Waals surface area contributed by atoms with Gasteiger partial charge in [-0.05, 0) is 30.3 Å². The maximum atomic E-state index is 13.6. The molecule has 0 bridgehead atoms. The second-order valence-corrected chi connectivity index (χ2v) is 4.58. The van der Waals surface area contributed by atoms with Crippen LogP contribution in [0.1, 0.15) is 15.9 Å². The number of hydrogen-bond donors (Lipinski definition) is 2. The number of anilines is 2. The van der Waals surface area contributed by atoms with Gasteiger partial charge >= 0.3 is 0 Å². The number of rotatable bonds is 3. The zero-order valence-corrected chi connectivity index (χ0v) is 11.8. The number of halogens is 2. The van der Waals surface area contributed by atoms with Crippen molar-refractivity contribution >= 4 is 28.9 Å². The molecule has 0 saturated heterocycles. The highest BCUT2D eigenvalue weighted by Gasteiger charge is 2.15. The second-order valence-electron chi connectivity index (χ2n) is 4.17. The minimum Gasteiger partial charge on any atom is -0.385 e. The van der Waals surface area contributed by atoms with Gasteiger partial charge in [0.2, 0.25) is 0 Å². The van der Waals surface area contributed by atoms with Crippen molar-refractivity contribution in [2.45, 2.75) is 0 Å². The van der Waals surface area contributed by atoms with Crippen LogP contribution in [0, 0.1) is 17.1 Å². The van der Waals surface area contributed by atoms with Gasteiger partial charge in [0.05, 0.1) is 33.6 Å². The van der Waals surface area contributed by atoms with Gasteiger partial charge in [-0.3, -0.25) is 4.79 Å². The third-order valence-corrected chi connectivity index (χ3v) is 3.17. The molecule has 0 aliphatic carbocycles. The summed E-state index contributed by atoms with van der Waals surface area (Å²) in [5.74, 6) is -1.01. The average Bonchev–Trinajstić information content (AvgIpc) is 2.48. The summed E-state index contributed by atoms with van der Waals surface area (Å²) in [5, 5.41) is 14.3. The van der Waals surface area contributed by atoms with Crippen molar-refractivity contribution in [3.63, 3.8) is 0 Å². The Morgan fingerprint density at radius 3 is 2.71 bits per heavy atom. The highest BCUT2D eigenvalue weighted by Crippen LogP contribution is 2.25. The van der Waals surface area contributed by atoms with E-state index in [0.29, 0.717) is 11.3 Å². The van der Waals surface area contributed by atoms with E-state index < -0.39 is 11.7 Å². The highest BCUT2D eigenvalue weighted by molar-refractivity contribution is 6.34. The summed E-state index contributed by atoms with van der Waals surface area (Å²) in [6.07, 6.45) is 0. The molecule has 2 rings (SSSR count). The predicted molar refractivity (Wildman–Crippen MR) is 80.1 cm³/mol. The number of amides is 1. The summed E-state index contributed by atoms with van der Waals surface area (Å²) < 4.78 is 13.6. The van der Waals surface area contributed by atoms with Crippen LogP contribution in [0.5, 0.6) is 0 Å². The van der Waals surface area contributed by atoms with Gasteiger partial charge in [0, 0.05) is 7.05 Å². The number of nitrogens with one attached hydrogen (secondary N) is 2. The molecule has 0 atom stereocenters. The number of benzene rings is 2. The van der Waals surface area contributed by atoms with Crippen molar-refractivity contribution in [2.75, 3.05) is 17.7 Å². The van der Waals surface area contributed by atoms with E-state index in [0.717, 1.165) is 0 Å². The third kappa shape index (κ3) is 3.12. The summed E-state index contributed by atoms with van der Waals surface area (Å²) in [7, 11) is 1.53. The molecule has 0 aliphatic heterocycles. The fourth-order valence-corrected chi connectivity index (χ4v) is 2.07. The summed E-state index contributed by atoms with van der Waals surface area (Å²) in [4.78, 5) is 12.2. The lowest BCUT2D eigenvalue weighted by Gasteiger charge is -2.11. The molecule has 21 heavy (non-hydrogen) atoms. The minimum absolute atomic E-state index is 0.111. The lowest BCUT2D eigenvalue weighted by molar-refractivity contribution is 0.102. The van der Waals surface area contributed by atoms with Gasteiger partial charge in [0.1, 0.15) is 5.82 Å². The molecular weight excluding hydrogens is 293 g/mol. The Kier molecular flexibility index (Phi) is 4.41. The smallest absolute Gasteiger partial charge is 0.257 e. The number of para-hydroxylation sites is 1. The van der Waals surface area contributed by atoms with Crippen LogP contribution in [0.15, 0.2) is 36.4 Å². The predicted octanol–water partition coefficient (Wildman–Crippen LogP) is 3.64. The third-order valence-electron chi connectivity index (χ3n) is 2.85. The first-order valence-corrected chi connectivity index (χ1v) is 6.42. The first-order valence-electron chi connectivity index (χ1n) is 6.04. The lowest BCUT2D eigenvalue weighted by Crippen LogP contribution is -2.15. The molecule has 0 unspecified atom stereocenters. The molecule has 2 aromatic rings. The molecule has 2 aromatic carbocycles. The highest BCUT2D eigenvalue weighted by atomic mass is 35.5. The Bertz CT molecular complexity index is 740. The standard InChI is InChI=1S/C15H11ClFN3O/c1-19-14-10(3-2-4-12(14)17)15(21)20-13-6-5-9(8-18)7-11(13)16/h2-7,19H,1H3,(H,20,21). The number of nitrogens with zero attached hydrogens (tertiary/aromatic N) is 1. The van der Waals surface area contributed by atoms with E-state index in [1.165, 1.54) is 43.4 Å². The van der Waals surface area contributed by atoms with E-state index in [1.807, 2.05) is 6.07 Å². The molecule has 0 radical (unpaired) electrons. The van der Waals surface area contributed by atoms with Crippen LogP contribution < -0.4 is 10.6 Å². The van der Waals surface area contributed by atoms with Gasteiger partial charge in [-0.15, -0.1) is 0 Å². The van der Waals surface area contributed by atoms with Crippen molar-refractivity contribution in [1.29, 1.82) is 5.26 Å². The Labute approximate surface area is 126 Å². The maximum Gasteiger partial charge on any atom is 0.257 e. The quantitative estimate of drug-likeness (QED) is 0.909. The number of carbonyl (C=O) groups excluding carboxylic acids is 1. The molecule has 106 valence electrons. The SMILES string of the molecule is CNc1c(F)cccc1C(=O)Nc1ccc(C#N)cc1Cl. The van der Waals surface area contributed by atoms with Crippen LogP contribution in [-0.4, -0.2) is 13.0 Å². The molecule has 0 spiro atoms. The summed E-state index contributed by atoms with van der Waals surface area (Å²) in [5.41, 5.74) is 1.02. The summed E-state index contributed by atoms with van der Waals surface area (Å²) in [6, 6.07) is 10.7. The molecule has 0 fully saturated rings. The van der Waals surface area contributed by atoms with Gasteiger partial charge in [0.25, 0.3) is 5.91 Å². The lowest BCUT2D eigenvalue weighted by atomic mass is 10.1. The van der Waals surface area contributed by atoms with Crippen LogP contribution in [-0.2, 0) is 0 Å². The fraction of sp³-hybridized carbons (Fsp3) is 0.0667. The van der Waals surface area contributed by atoms with Gasteiger partial charge in [-0.1, -0.05) is 17.7 Å². The Morgan fingerprint density at radius 2 is 2.10 bits per heavy atom. The Balaban J connectivity index is 2.31. The van der Waals surface area contributed by atoms with Gasteiger partial charge < -0.3 is 10.6 Å². The largest absolute Gasteiger partial charge is 0.385 e. The molecule has 0 aliphatic rings. The second kappa shape index (κ2) is 6.25. The van der Waals surface area contributed by atoms with E-state index >= 15 is 0 Å². The van der Waals surface area contributed by atoms with E-state index in [2.05, 4.69) is 10.6 Å². The van der Waals surface area contributed by atoms with E-state index in [4.69, 9.17) is 16.9 Å². The van der Waals surface area contributed by atoms with E-state index in [-0.39, 0.29) is 16.3 Å². The van der Waals surface area contributed by atoms with Crippen LogP contribution >= 0.6 is 11.6 Å². The monoisotopic (exact) mass is 303 g/mol. The topological polar surface area (TPSA) is 64.9 Å². The van der Waals surface area contributed by atoms with Gasteiger partial charge in [-0.2, -0.15) is 5.26 Å². The minimum atomic E-state index is -0.518. The normalized spacial score (nSPS) is 9.81. The van der Waals surface area contributed by atoms with Crippen molar-refractivity contribution < 1.29 is 9.18 Å². The molecule has 6 heteroatoms. The molecule has 0 aromatic heterocycles. The maximum absolute atomic E-state index is 13.6. The Morgan fingerprint density at radius 1 is 1.33 bits per heavy atom. The number of carbonyl (C=O) groups is 1. The van der Waals surface area contributed by atoms with Crippen molar-refractivity contribution in [1.82, 2.24) is 0 Å². The van der Waals surface area contributed by atoms with Crippen molar-refractivity contribution in [3.8, 4) is 6.07 Å². The average molecular weight is 304 g/mol. The molecular formula is C15H11ClFN3O. The first kappa shape index (κ1) is 14.8. The fourth-order valence-electron chi connectivity index (χ4n) is 1.84. The zero-order chi connectivity index (χ0) is 15.4. The molecule has 4 nitrogen and oxygen atoms in total. The van der Waals surface area contributed by atoms with Crippen LogP contribution in [0.2, 0.25) is 5.02 Å². The van der Waals surface area contributed by atoms with Crippen LogP contribution in [0.25, 0.3) is 0 Å². The van der Waals surface area contributed by atoms with Crippen molar-refractivity contribution in [2.24, 2.45) is 0 Å². The molecule has 0 saturated carbocycles. The first-order chi connectivity index (χ1) is 10.1. The molecule has 0 heterocycles. The summed E-state index contributed by atoms with van der Waals surface area (Å²) in [6.45, 7) is 0. The number of nitriles is 1. The van der Waals surface area contributed by atoms with Crippen LogP contribution in [0.4, 0.5) is 15.8 Å². The van der Waals surface area contributed by atoms with Crippen molar-refractivity contribution in [3.05, 3.63) is 58.4 Å². The molecule has 2 N–H and O–H groups in total. The van der Waals surface area contributed by atoms with Gasteiger partial charge in [0.15, 0.2) is 0 Å². The van der Waals surface area contributed by atoms with E-state index in [1.54, 1.807) is 0 Å². The molecule has 1 amide bonds. The van der Waals surface area contributed by atoms with E-state index in [9.17, 15) is 9.18 Å². The summed E-state index contributed by atoms with van der Waals surface area (Å²) >= 11 is 5.99. The number of hydrogen-bond acceptors (Lipinski definition) is 3. The zero-order valence-electron chi connectivity index (χ0n) is 11.1. The Hall–Kier alpha value is -2.58.